The van der Waals surface area contributed by atoms with E-state index in [2.05, 4.69) is 16.9 Å². The summed E-state index contributed by atoms with van der Waals surface area (Å²) in [7, 11) is 2.06. The highest BCUT2D eigenvalue weighted by atomic mass is 16.5. The van der Waals surface area contributed by atoms with Crippen LogP contribution in [0.25, 0.3) is 0 Å². The van der Waals surface area contributed by atoms with Gasteiger partial charge in [-0.2, -0.15) is 0 Å². The fourth-order valence-corrected chi connectivity index (χ4v) is 4.74. The first-order valence-electron chi connectivity index (χ1n) is 9.85. The molecule has 1 atom stereocenters. The second-order valence-electron chi connectivity index (χ2n) is 8.08. The lowest BCUT2D eigenvalue weighted by atomic mass is 9.76. The fraction of sp³-hybridized carbons (Fsp3) is 0.650. The van der Waals surface area contributed by atoms with Crippen molar-refractivity contribution in [1.29, 1.82) is 0 Å². The van der Waals surface area contributed by atoms with E-state index in [0.29, 0.717) is 32.0 Å². The molecule has 1 aromatic rings. The quantitative estimate of drug-likeness (QED) is 0.771. The lowest BCUT2D eigenvalue weighted by molar-refractivity contribution is -0.139. The maximum absolute atomic E-state index is 13.0. The Morgan fingerprint density at radius 2 is 1.85 bits per heavy atom. The Morgan fingerprint density at radius 3 is 2.52 bits per heavy atom. The number of aromatic nitrogens is 1. The van der Waals surface area contributed by atoms with Gasteiger partial charge in [0.15, 0.2) is 0 Å². The molecule has 27 heavy (non-hydrogen) atoms. The van der Waals surface area contributed by atoms with E-state index < -0.39 is 0 Å². The van der Waals surface area contributed by atoms with E-state index >= 15 is 0 Å². The number of carbonyl (C=O) groups is 2. The van der Waals surface area contributed by atoms with E-state index in [-0.39, 0.29) is 23.3 Å². The first-order valence-corrected chi connectivity index (χ1v) is 9.85. The van der Waals surface area contributed by atoms with Crippen LogP contribution in [0.3, 0.4) is 0 Å². The summed E-state index contributed by atoms with van der Waals surface area (Å²) in [4.78, 5) is 35.8. The molecule has 3 fully saturated rings. The van der Waals surface area contributed by atoms with E-state index in [1.165, 1.54) is 0 Å². The molecule has 4 heterocycles. The van der Waals surface area contributed by atoms with Crippen molar-refractivity contribution in [1.82, 2.24) is 19.7 Å². The number of likely N-dealkylation sites (tertiary alicyclic amines) is 2. The maximum Gasteiger partial charge on any atom is 0.272 e. The Balaban J connectivity index is 1.37. The fourth-order valence-electron chi connectivity index (χ4n) is 4.74. The highest BCUT2D eigenvalue weighted by Crippen LogP contribution is 2.43. The summed E-state index contributed by atoms with van der Waals surface area (Å²) >= 11 is 0. The van der Waals surface area contributed by atoms with Gasteiger partial charge in [0, 0.05) is 38.9 Å². The molecule has 0 bridgehead atoms. The van der Waals surface area contributed by atoms with E-state index in [1.807, 2.05) is 21.9 Å². The van der Waals surface area contributed by atoms with Crippen molar-refractivity contribution in [3.05, 3.63) is 30.1 Å². The smallest absolute Gasteiger partial charge is 0.272 e. The van der Waals surface area contributed by atoms with Gasteiger partial charge in [-0.15, -0.1) is 0 Å². The third-order valence-corrected chi connectivity index (χ3v) is 6.35. The number of amides is 2. The molecule has 0 radical (unpaired) electrons. The van der Waals surface area contributed by atoms with Gasteiger partial charge in [0.2, 0.25) is 5.91 Å². The lowest BCUT2D eigenvalue weighted by Gasteiger charge is -2.39. The molecular formula is C20H28N4O3. The largest absolute Gasteiger partial charge is 0.378 e. The average molecular weight is 372 g/mol. The van der Waals surface area contributed by atoms with Crippen molar-refractivity contribution < 1.29 is 14.3 Å². The molecule has 1 aromatic heterocycles. The summed E-state index contributed by atoms with van der Waals surface area (Å²) in [5, 5.41) is 0. The van der Waals surface area contributed by atoms with Crippen molar-refractivity contribution in [2.24, 2.45) is 5.41 Å². The van der Waals surface area contributed by atoms with Gasteiger partial charge in [-0.25, -0.2) is 0 Å². The van der Waals surface area contributed by atoms with Crippen LogP contribution in [0.5, 0.6) is 0 Å². The number of hydrogen-bond acceptors (Lipinski definition) is 5. The second-order valence-corrected chi connectivity index (χ2v) is 8.08. The number of carbonyl (C=O) groups excluding carboxylic acids is 2. The van der Waals surface area contributed by atoms with Crippen molar-refractivity contribution >= 4 is 11.8 Å². The van der Waals surface area contributed by atoms with Crippen molar-refractivity contribution in [2.45, 2.75) is 25.3 Å². The SMILES string of the molecule is CN1CC2(CCN(C(=O)c3ccccn3)CC2)CC1C(=O)N1CCOCC1. The number of piperidine rings is 1. The van der Waals surface area contributed by atoms with Crippen molar-refractivity contribution in [2.75, 3.05) is 53.0 Å². The molecule has 3 aliphatic heterocycles. The summed E-state index contributed by atoms with van der Waals surface area (Å²) in [5.41, 5.74) is 0.653. The normalized spacial score (nSPS) is 25.7. The van der Waals surface area contributed by atoms with Crippen LogP contribution in [0.15, 0.2) is 24.4 Å². The Hall–Kier alpha value is -1.99. The minimum atomic E-state index is -0.0406. The van der Waals surface area contributed by atoms with Gasteiger partial charge in [-0.05, 0) is 43.9 Å². The highest BCUT2D eigenvalue weighted by Gasteiger charge is 2.48. The van der Waals surface area contributed by atoms with Gasteiger partial charge in [0.1, 0.15) is 5.69 Å². The van der Waals surface area contributed by atoms with Crippen LogP contribution >= 0.6 is 0 Å². The third kappa shape index (κ3) is 3.71. The van der Waals surface area contributed by atoms with E-state index in [4.69, 9.17) is 4.74 Å². The number of morpholine rings is 1. The van der Waals surface area contributed by atoms with Gasteiger partial charge in [-0.1, -0.05) is 6.07 Å². The lowest BCUT2D eigenvalue weighted by Crippen LogP contribution is -2.48. The van der Waals surface area contributed by atoms with Gasteiger partial charge < -0.3 is 14.5 Å². The first kappa shape index (κ1) is 18.4. The highest BCUT2D eigenvalue weighted by molar-refractivity contribution is 5.92. The van der Waals surface area contributed by atoms with Crippen LogP contribution in [0, 0.1) is 5.41 Å². The molecular weight excluding hydrogens is 344 g/mol. The van der Waals surface area contributed by atoms with Gasteiger partial charge in [0.05, 0.1) is 19.3 Å². The molecule has 1 unspecified atom stereocenters. The van der Waals surface area contributed by atoms with Gasteiger partial charge >= 0.3 is 0 Å². The molecule has 0 aromatic carbocycles. The summed E-state index contributed by atoms with van der Waals surface area (Å²) in [6.07, 6.45) is 4.45. The molecule has 3 aliphatic rings. The Bertz CT molecular complexity index is 682. The summed E-state index contributed by atoms with van der Waals surface area (Å²) in [5.74, 6) is 0.252. The van der Waals surface area contributed by atoms with Crippen molar-refractivity contribution in [3.8, 4) is 0 Å². The van der Waals surface area contributed by atoms with Crippen LogP contribution < -0.4 is 0 Å². The monoisotopic (exact) mass is 372 g/mol. The van der Waals surface area contributed by atoms with Crippen molar-refractivity contribution in [3.63, 3.8) is 0 Å². The predicted molar refractivity (Wildman–Crippen MR) is 100 cm³/mol. The van der Waals surface area contributed by atoms with Crippen LogP contribution in [0.4, 0.5) is 0 Å². The molecule has 7 heteroatoms. The molecule has 0 saturated carbocycles. The third-order valence-electron chi connectivity index (χ3n) is 6.35. The Kier molecular flexibility index (Phi) is 5.14. The Morgan fingerprint density at radius 1 is 1.11 bits per heavy atom. The Labute approximate surface area is 160 Å². The average Bonchev–Trinajstić information content (AvgIpc) is 3.04. The molecule has 0 aliphatic carbocycles. The molecule has 7 nitrogen and oxygen atoms in total. The summed E-state index contributed by atoms with van der Waals surface area (Å²) in [6, 6.07) is 5.40. The molecule has 1 spiro atoms. The number of rotatable bonds is 2. The predicted octanol–water partition coefficient (Wildman–Crippen LogP) is 0.867. The number of hydrogen-bond donors (Lipinski definition) is 0. The number of likely N-dealkylation sites (N-methyl/N-ethyl adjacent to an activating group) is 1. The van der Waals surface area contributed by atoms with Crippen LogP contribution in [0.1, 0.15) is 29.8 Å². The van der Waals surface area contributed by atoms with E-state index in [1.54, 1.807) is 12.3 Å². The van der Waals surface area contributed by atoms with E-state index in [0.717, 1.165) is 38.9 Å². The molecule has 4 rings (SSSR count). The standard InChI is InChI=1S/C20H28N4O3/c1-22-15-20(14-17(22)19(26)24-10-12-27-13-11-24)5-8-23(9-6-20)18(25)16-4-2-3-7-21-16/h2-4,7,17H,5-6,8-15H2,1H3. The van der Waals surface area contributed by atoms with Crippen LogP contribution in [-0.2, 0) is 9.53 Å². The number of pyridine rings is 1. The molecule has 3 saturated heterocycles. The molecule has 2 amide bonds. The number of nitrogens with zero attached hydrogens (tertiary/aromatic N) is 4. The van der Waals surface area contributed by atoms with Gasteiger partial charge in [0.25, 0.3) is 5.91 Å². The zero-order valence-corrected chi connectivity index (χ0v) is 16.0. The van der Waals surface area contributed by atoms with Gasteiger partial charge in [-0.3, -0.25) is 19.5 Å². The minimum Gasteiger partial charge on any atom is -0.378 e. The zero-order chi connectivity index (χ0) is 18.9. The van der Waals surface area contributed by atoms with Crippen LogP contribution in [0.2, 0.25) is 0 Å². The molecule has 0 N–H and O–H groups in total. The number of ether oxygens (including phenoxy) is 1. The minimum absolute atomic E-state index is 0.0118. The maximum atomic E-state index is 13.0. The second kappa shape index (κ2) is 7.56. The molecule has 146 valence electrons. The first-order chi connectivity index (χ1) is 13.1. The summed E-state index contributed by atoms with van der Waals surface area (Å²) < 4.78 is 5.37. The summed E-state index contributed by atoms with van der Waals surface area (Å²) in [6.45, 7) is 5.07. The topological polar surface area (TPSA) is 66.0 Å². The van der Waals surface area contributed by atoms with E-state index in [9.17, 15) is 9.59 Å². The van der Waals surface area contributed by atoms with Crippen LogP contribution in [-0.4, -0.2) is 90.5 Å². The zero-order valence-electron chi connectivity index (χ0n) is 16.0.